The molecule has 1 aliphatic heterocycles. The topological polar surface area (TPSA) is 15.3 Å². The number of anilines is 2. The standard InChI is InChI=1S/C18H21ClN2/c1-18(2)14-7-6-13(19)10-17(14)20-16-8-5-12(9-15(16)18)11-21(3)4/h5-10,20H,11H2,1-4H3. The first-order valence-corrected chi connectivity index (χ1v) is 7.61. The molecule has 0 amide bonds. The lowest BCUT2D eigenvalue weighted by molar-refractivity contribution is 0.402. The smallest absolute Gasteiger partial charge is 0.0440 e. The zero-order valence-corrected chi connectivity index (χ0v) is 13.8. The monoisotopic (exact) mass is 300 g/mol. The fraction of sp³-hybridized carbons (Fsp3) is 0.333. The Morgan fingerprint density at radius 1 is 1.00 bits per heavy atom. The summed E-state index contributed by atoms with van der Waals surface area (Å²) < 4.78 is 0. The first kappa shape index (κ1) is 14.4. The van der Waals surface area contributed by atoms with E-state index in [-0.39, 0.29) is 5.41 Å². The van der Waals surface area contributed by atoms with E-state index in [0.29, 0.717) is 0 Å². The van der Waals surface area contributed by atoms with Gasteiger partial charge in [-0.25, -0.2) is 0 Å². The Kier molecular flexibility index (Phi) is 3.46. The number of hydrogen-bond donors (Lipinski definition) is 1. The van der Waals surface area contributed by atoms with Crippen molar-refractivity contribution in [3.63, 3.8) is 0 Å². The summed E-state index contributed by atoms with van der Waals surface area (Å²) in [5.74, 6) is 0. The van der Waals surface area contributed by atoms with Gasteiger partial charge in [-0.15, -0.1) is 0 Å². The van der Waals surface area contributed by atoms with Gasteiger partial charge < -0.3 is 10.2 Å². The van der Waals surface area contributed by atoms with Crippen molar-refractivity contribution in [1.82, 2.24) is 4.90 Å². The van der Waals surface area contributed by atoms with E-state index in [4.69, 9.17) is 11.6 Å². The summed E-state index contributed by atoms with van der Waals surface area (Å²) >= 11 is 6.13. The van der Waals surface area contributed by atoms with E-state index in [1.807, 2.05) is 12.1 Å². The van der Waals surface area contributed by atoms with E-state index in [2.05, 4.69) is 62.4 Å². The summed E-state index contributed by atoms with van der Waals surface area (Å²) in [6, 6.07) is 12.8. The third-order valence-electron chi connectivity index (χ3n) is 4.18. The van der Waals surface area contributed by atoms with Crippen LogP contribution in [0.15, 0.2) is 36.4 Å². The van der Waals surface area contributed by atoms with Gasteiger partial charge in [-0.2, -0.15) is 0 Å². The van der Waals surface area contributed by atoms with Crippen LogP contribution < -0.4 is 5.32 Å². The van der Waals surface area contributed by atoms with Crippen LogP contribution in [0.1, 0.15) is 30.5 Å². The molecule has 3 heteroatoms. The molecule has 0 aromatic heterocycles. The van der Waals surface area contributed by atoms with Crippen LogP contribution in [-0.2, 0) is 12.0 Å². The van der Waals surface area contributed by atoms with Gasteiger partial charge in [-0.05, 0) is 49.0 Å². The molecule has 21 heavy (non-hydrogen) atoms. The summed E-state index contributed by atoms with van der Waals surface area (Å²) in [6.07, 6.45) is 0. The maximum absolute atomic E-state index is 6.13. The Bertz CT molecular complexity index is 690. The summed E-state index contributed by atoms with van der Waals surface area (Å²) in [7, 11) is 4.19. The predicted octanol–water partition coefficient (Wildman–Crippen LogP) is 4.78. The minimum atomic E-state index is -0.0250. The van der Waals surface area contributed by atoms with Crippen LogP contribution in [0.5, 0.6) is 0 Å². The lowest BCUT2D eigenvalue weighted by atomic mass is 9.74. The van der Waals surface area contributed by atoms with Gasteiger partial charge in [0.25, 0.3) is 0 Å². The van der Waals surface area contributed by atoms with Crippen LogP contribution >= 0.6 is 11.6 Å². The van der Waals surface area contributed by atoms with Gasteiger partial charge in [0.15, 0.2) is 0 Å². The zero-order valence-electron chi connectivity index (χ0n) is 13.0. The lowest BCUT2D eigenvalue weighted by Gasteiger charge is -2.36. The number of benzene rings is 2. The highest BCUT2D eigenvalue weighted by Gasteiger charge is 2.32. The molecule has 0 radical (unpaired) electrons. The van der Waals surface area contributed by atoms with Crippen molar-refractivity contribution in [1.29, 1.82) is 0 Å². The molecule has 0 aliphatic carbocycles. The number of fused-ring (bicyclic) bond motifs is 2. The van der Waals surface area contributed by atoms with E-state index >= 15 is 0 Å². The second kappa shape index (κ2) is 5.04. The summed E-state index contributed by atoms with van der Waals surface area (Å²) in [6.45, 7) is 5.51. The summed E-state index contributed by atoms with van der Waals surface area (Å²) in [5.41, 5.74) is 6.24. The maximum Gasteiger partial charge on any atom is 0.0440 e. The van der Waals surface area contributed by atoms with Gasteiger partial charge in [0, 0.05) is 28.4 Å². The normalized spacial score (nSPS) is 15.3. The van der Waals surface area contributed by atoms with E-state index < -0.39 is 0 Å². The maximum atomic E-state index is 6.13. The van der Waals surface area contributed by atoms with Crippen LogP contribution in [0.4, 0.5) is 11.4 Å². The molecule has 2 aromatic carbocycles. The molecule has 0 saturated carbocycles. The number of rotatable bonds is 2. The van der Waals surface area contributed by atoms with E-state index in [9.17, 15) is 0 Å². The Labute approximate surface area is 131 Å². The largest absolute Gasteiger partial charge is 0.355 e. The second-order valence-corrected chi connectivity index (χ2v) is 6.99. The molecule has 0 spiro atoms. The van der Waals surface area contributed by atoms with Crippen molar-refractivity contribution in [2.75, 3.05) is 19.4 Å². The summed E-state index contributed by atoms with van der Waals surface area (Å²) in [5, 5.41) is 4.29. The highest BCUT2D eigenvalue weighted by Crippen LogP contribution is 2.46. The Hall–Kier alpha value is -1.51. The van der Waals surface area contributed by atoms with E-state index in [1.165, 1.54) is 22.4 Å². The van der Waals surface area contributed by atoms with Crippen LogP contribution in [0.25, 0.3) is 0 Å². The molecule has 2 aromatic rings. The van der Waals surface area contributed by atoms with Crippen LogP contribution in [0.2, 0.25) is 5.02 Å². The number of hydrogen-bond acceptors (Lipinski definition) is 2. The average molecular weight is 301 g/mol. The third kappa shape index (κ3) is 2.54. The molecule has 1 heterocycles. The van der Waals surface area contributed by atoms with Gasteiger partial charge >= 0.3 is 0 Å². The SMILES string of the molecule is CN(C)Cc1ccc2c(c1)C(C)(C)c1ccc(Cl)cc1N2. The van der Waals surface area contributed by atoms with Crippen LogP contribution in [-0.4, -0.2) is 19.0 Å². The van der Waals surface area contributed by atoms with Gasteiger partial charge in [0.05, 0.1) is 0 Å². The molecule has 1 N–H and O–H groups in total. The first-order chi connectivity index (χ1) is 9.88. The fourth-order valence-electron chi connectivity index (χ4n) is 3.14. The van der Waals surface area contributed by atoms with Gasteiger partial charge in [0.2, 0.25) is 0 Å². The van der Waals surface area contributed by atoms with Crippen LogP contribution in [0, 0.1) is 0 Å². The van der Waals surface area contributed by atoms with E-state index in [0.717, 1.165) is 17.3 Å². The Morgan fingerprint density at radius 2 is 1.76 bits per heavy atom. The molecular formula is C18H21ClN2. The molecule has 0 fully saturated rings. The highest BCUT2D eigenvalue weighted by molar-refractivity contribution is 6.30. The van der Waals surface area contributed by atoms with Crippen molar-refractivity contribution in [3.05, 3.63) is 58.1 Å². The van der Waals surface area contributed by atoms with Crippen molar-refractivity contribution in [2.24, 2.45) is 0 Å². The minimum Gasteiger partial charge on any atom is -0.355 e. The Morgan fingerprint density at radius 3 is 2.48 bits per heavy atom. The molecule has 0 bridgehead atoms. The molecule has 0 saturated heterocycles. The van der Waals surface area contributed by atoms with Crippen molar-refractivity contribution in [3.8, 4) is 0 Å². The molecule has 0 atom stereocenters. The summed E-state index contributed by atoms with van der Waals surface area (Å²) in [4.78, 5) is 2.19. The van der Waals surface area contributed by atoms with E-state index in [1.54, 1.807) is 0 Å². The fourth-order valence-corrected chi connectivity index (χ4v) is 3.31. The van der Waals surface area contributed by atoms with Gasteiger partial charge in [-0.3, -0.25) is 0 Å². The lowest BCUT2D eigenvalue weighted by Crippen LogP contribution is -2.26. The van der Waals surface area contributed by atoms with Gasteiger partial charge in [0.1, 0.15) is 0 Å². The molecule has 110 valence electrons. The van der Waals surface area contributed by atoms with Crippen LogP contribution in [0.3, 0.4) is 0 Å². The highest BCUT2D eigenvalue weighted by atomic mass is 35.5. The number of nitrogens with zero attached hydrogens (tertiary/aromatic N) is 1. The zero-order chi connectivity index (χ0) is 15.2. The molecule has 2 nitrogen and oxygen atoms in total. The first-order valence-electron chi connectivity index (χ1n) is 7.23. The van der Waals surface area contributed by atoms with Gasteiger partial charge in [-0.1, -0.05) is 43.6 Å². The van der Waals surface area contributed by atoms with Crippen molar-refractivity contribution < 1.29 is 0 Å². The van der Waals surface area contributed by atoms with Crippen molar-refractivity contribution >= 4 is 23.0 Å². The third-order valence-corrected chi connectivity index (χ3v) is 4.42. The number of nitrogens with one attached hydrogen (secondary N) is 1. The second-order valence-electron chi connectivity index (χ2n) is 6.56. The quantitative estimate of drug-likeness (QED) is 0.858. The molecular weight excluding hydrogens is 280 g/mol. The van der Waals surface area contributed by atoms with Crippen molar-refractivity contribution in [2.45, 2.75) is 25.8 Å². The predicted molar refractivity (Wildman–Crippen MR) is 90.7 cm³/mol. The molecule has 1 aliphatic rings. The minimum absolute atomic E-state index is 0.0250. The Balaban J connectivity index is 2.10. The average Bonchev–Trinajstić information content (AvgIpc) is 2.38. The number of halogens is 1. The molecule has 3 rings (SSSR count). The molecule has 0 unspecified atom stereocenters.